The number of alkyl halides is 3. The average molecular weight is 331 g/mol. The number of benzene rings is 1. The molecule has 2 N–H and O–H groups in total. The summed E-state index contributed by atoms with van der Waals surface area (Å²) in [6, 6.07) is 3.12. The molecule has 0 aliphatic rings. The molecule has 1 aromatic carbocycles. The lowest BCUT2D eigenvalue weighted by molar-refractivity contribution is -0.137. The van der Waals surface area contributed by atoms with Gasteiger partial charge in [-0.05, 0) is 44.0 Å². The number of nitrogens with one attached hydrogen (secondary N) is 1. The Labute approximate surface area is 133 Å². The molecule has 1 aromatic rings. The highest BCUT2D eigenvalue weighted by Gasteiger charge is 2.30. The summed E-state index contributed by atoms with van der Waals surface area (Å²) in [6.07, 6.45) is -1.95. The van der Waals surface area contributed by atoms with Crippen LogP contribution in [0.1, 0.15) is 37.5 Å². The second kappa shape index (κ2) is 7.50. The second-order valence-electron chi connectivity index (χ2n) is 5.85. The predicted octanol–water partition coefficient (Wildman–Crippen LogP) is 3.74. The first kappa shape index (κ1) is 19.0. The summed E-state index contributed by atoms with van der Waals surface area (Å²) in [4.78, 5) is 11.4. The van der Waals surface area contributed by atoms with Gasteiger partial charge in [-0.2, -0.15) is 13.2 Å². The Kier molecular flexibility index (Phi) is 6.20. The van der Waals surface area contributed by atoms with E-state index in [1.165, 1.54) is 12.1 Å². The van der Waals surface area contributed by atoms with Crippen molar-refractivity contribution in [2.24, 2.45) is 0 Å². The van der Waals surface area contributed by atoms with Gasteiger partial charge in [-0.1, -0.05) is 18.2 Å². The van der Waals surface area contributed by atoms with E-state index < -0.39 is 30.0 Å². The summed E-state index contributed by atoms with van der Waals surface area (Å²) >= 11 is 0. The Bertz CT molecular complexity index is 575. The van der Waals surface area contributed by atoms with Crippen molar-refractivity contribution in [1.29, 1.82) is 0 Å². The van der Waals surface area contributed by atoms with Crippen molar-refractivity contribution in [3.63, 3.8) is 0 Å². The van der Waals surface area contributed by atoms with Crippen molar-refractivity contribution < 1.29 is 27.8 Å². The van der Waals surface area contributed by atoms with Gasteiger partial charge >= 0.3 is 12.3 Å². The minimum absolute atomic E-state index is 0.154. The average Bonchev–Trinajstić information content (AvgIpc) is 2.40. The highest BCUT2D eigenvalue weighted by atomic mass is 19.4. The molecule has 7 heteroatoms. The highest BCUT2D eigenvalue weighted by molar-refractivity contribution is 5.68. The SMILES string of the molecule is CC(C)(C)OC(=O)NCC=Cc1ccc(C(F)(F)F)cc1CO. The standard InChI is InChI=1S/C16H20F3NO3/c1-15(2,3)23-14(22)20-8-4-5-11-6-7-13(16(17,18)19)9-12(11)10-21/h4-7,9,21H,8,10H2,1-3H3,(H,20,22). The van der Waals surface area contributed by atoms with Crippen LogP contribution in [-0.4, -0.2) is 23.3 Å². The zero-order valence-electron chi connectivity index (χ0n) is 13.2. The molecule has 0 fully saturated rings. The van der Waals surface area contributed by atoms with Gasteiger partial charge in [-0.25, -0.2) is 4.79 Å². The van der Waals surface area contributed by atoms with Crippen molar-refractivity contribution >= 4 is 12.2 Å². The number of carbonyl (C=O) groups excluding carboxylic acids is 1. The summed E-state index contributed by atoms with van der Waals surface area (Å²) in [5.74, 6) is 0. The summed E-state index contributed by atoms with van der Waals surface area (Å²) in [5.41, 5.74) is -0.809. The van der Waals surface area contributed by atoms with E-state index in [0.717, 1.165) is 12.1 Å². The summed E-state index contributed by atoms with van der Waals surface area (Å²) in [6.45, 7) is 4.85. The van der Waals surface area contributed by atoms with Crippen LogP contribution < -0.4 is 5.32 Å². The minimum Gasteiger partial charge on any atom is -0.444 e. The molecular formula is C16H20F3NO3. The van der Waals surface area contributed by atoms with E-state index >= 15 is 0 Å². The maximum Gasteiger partial charge on any atom is 0.416 e. The van der Waals surface area contributed by atoms with Crippen LogP contribution in [0.25, 0.3) is 6.08 Å². The van der Waals surface area contributed by atoms with E-state index in [1.807, 2.05) is 0 Å². The van der Waals surface area contributed by atoms with E-state index in [2.05, 4.69) is 5.32 Å². The molecule has 0 saturated heterocycles. The third kappa shape index (κ3) is 6.73. The molecule has 0 bridgehead atoms. The number of halogens is 3. The third-order valence-electron chi connectivity index (χ3n) is 2.70. The largest absolute Gasteiger partial charge is 0.444 e. The van der Waals surface area contributed by atoms with Gasteiger partial charge in [0.1, 0.15) is 5.60 Å². The Hall–Kier alpha value is -2.02. The number of ether oxygens (including phenoxy) is 1. The van der Waals surface area contributed by atoms with Crippen LogP contribution in [0.2, 0.25) is 0 Å². The van der Waals surface area contributed by atoms with Gasteiger partial charge in [0.25, 0.3) is 0 Å². The zero-order valence-corrected chi connectivity index (χ0v) is 13.2. The molecule has 23 heavy (non-hydrogen) atoms. The fraction of sp³-hybridized carbons (Fsp3) is 0.438. The molecule has 0 unspecified atom stereocenters. The van der Waals surface area contributed by atoms with Crippen molar-refractivity contribution in [3.8, 4) is 0 Å². The molecule has 1 amide bonds. The van der Waals surface area contributed by atoms with Crippen LogP contribution in [0.5, 0.6) is 0 Å². The van der Waals surface area contributed by atoms with Crippen LogP contribution >= 0.6 is 0 Å². The van der Waals surface area contributed by atoms with Gasteiger partial charge in [-0.15, -0.1) is 0 Å². The number of alkyl carbamates (subject to hydrolysis) is 1. The Morgan fingerprint density at radius 1 is 1.30 bits per heavy atom. The highest BCUT2D eigenvalue weighted by Crippen LogP contribution is 2.30. The number of aliphatic hydroxyl groups is 1. The fourth-order valence-electron chi connectivity index (χ4n) is 1.72. The van der Waals surface area contributed by atoms with Crippen LogP contribution in [0.15, 0.2) is 24.3 Å². The zero-order chi connectivity index (χ0) is 17.7. The molecule has 4 nitrogen and oxygen atoms in total. The first-order chi connectivity index (χ1) is 10.5. The summed E-state index contributed by atoms with van der Waals surface area (Å²) in [5, 5.41) is 11.7. The van der Waals surface area contributed by atoms with E-state index in [1.54, 1.807) is 26.8 Å². The van der Waals surface area contributed by atoms with E-state index in [0.29, 0.717) is 5.56 Å². The molecule has 128 valence electrons. The Morgan fingerprint density at radius 3 is 2.48 bits per heavy atom. The lowest BCUT2D eigenvalue weighted by atomic mass is 10.0. The van der Waals surface area contributed by atoms with E-state index in [-0.39, 0.29) is 12.1 Å². The van der Waals surface area contributed by atoms with Crippen LogP contribution in [0.4, 0.5) is 18.0 Å². The van der Waals surface area contributed by atoms with Crippen molar-refractivity contribution in [2.45, 2.75) is 39.2 Å². The van der Waals surface area contributed by atoms with Gasteiger partial charge in [0, 0.05) is 6.54 Å². The maximum absolute atomic E-state index is 12.6. The van der Waals surface area contributed by atoms with Gasteiger partial charge in [0.15, 0.2) is 0 Å². The molecule has 0 heterocycles. The summed E-state index contributed by atoms with van der Waals surface area (Å²) in [7, 11) is 0. The number of hydrogen-bond donors (Lipinski definition) is 2. The first-order valence-electron chi connectivity index (χ1n) is 6.97. The topological polar surface area (TPSA) is 58.6 Å². The van der Waals surface area contributed by atoms with Crippen LogP contribution in [-0.2, 0) is 17.5 Å². The Morgan fingerprint density at radius 2 is 1.96 bits per heavy atom. The third-order valence-corrected chi connectivity index (χ3v) is 2.70. The molecule has 0 radical (unpaired) electrons. The molecular weight excluding hydrogens is 311 g/mol. The van der Waals surface area contributed by atoms with Gasteiger partial charge in [-0.3, -0.25) is 0 Å². The van der Waals surface area contributed by atoms with Gasteiger partial charge in [0.2, 0.25) is 0 Å². The first-order valence-corrected chi connectivity index (χ1v) is 6.97. The molecule has 0 atom stereocenters. The minimum atomic E-state index is -4.45. The van der Waals surface area contributed by atoms with Crippen LogP contribution in [0, 0.1) is 0 Å². The maximum atomic E-state index is 12.6. The number of aliphatic hydroxyl groups excluding tert-OH is 1. The van der Waals surface area contributed by atoms with Gasteiger partial charge < -0.3 is 15.2 Å². The molecule has 0 aliphatic carbocycles. The fourth-order valence-corrected chi connectivity index (χ4v) is 1.72. The lowest BCUT2D eigenvalue weighted by Crippen LogP contribution is -2.32. The monoisotopic (exact) mass is 331 g/mol. The molecule has 0 spiro atoms. The van der Waals surface area contributed by atoms with Crippen molar-refractivity contribution in [2.75, 3.05) is 6.54 Å². The van der Waals surface area contributed by atoms with E-state index in [9.17, 15) is 23.1 Å². The van der Waals surface area contributed by atoms with Gasteiger partial charge in [0.05, 0.1) is 12.2 Å². The number of rotatable bonds is 4. The quantitative estimate of drug-likeness (QED) is 0.884. The number of hydrogen-bond acceptors (Lipinski definition) is 3. The summed E-state index contributed by atoms with van der Waals surface area (Å²) < 4.78 is 42.9. The van der Waals surface area contributed by atoms with Crippen molar-refractivity contribution in [1.82, 2.24) is 5.32 Å². The van der Waals surface area contributed by atoms with E-state index in [4.69, 9.17) is 4.74 Å². The molecule has 0 aliphatic heterocycles. The Balaban J connectivity index is 2.68. The number of carbonyl (C=O) groups is 1. The van der Waals surface area contributed by atoms with Crippen molar-refractivity contribution in [3.05, 3.63) is 41.0 Å². The van der Waals surface area contributed by atoms with Crippen LogP contribution in [0.3, 0.4) is 0 Å². The molecule has 1 rings (SSSR count). The lowest BCUT2D eigenvalue weighted by Gasteiger charge is -2.19. The second-order valence-corrected chi connectivity index (χ2v) is 5.85. The predicted molar refractivity (Wildman–Crippen MR) is 80.6 cm³/mol. The normalized spacial score (nSPS) is 12.5. The molecule has 0 aromatic heterocycles. The smallest absolute Gasteiger partial charge is 0.416 e. The number of amides is 1. The molecule has 0 saturated carbocycles.